The number of carbonyl (C=O) groups excluding carboxylic acids is 1. The Hall–Kier alpha value is -2.11. The molecule has 2 rings (SSSR count). The molecule has 0 fully saturated rings. The van der Waals surface area contributed by atoms with E-state index in [1.807, 2.05) is 37.3 Å². The number of hydrogen-bond acceptors (Lipinski definition) is 5. The molecule has 0 amide bonds. The normalized spacial score (nSPS) is 10.9. The Labute approximate surface area is 137 Å². The highest BCUT2D eigenvalue weighted by atomic mass is 16.3. The average Bonchev–Trinajstić information content (AvgIpc) is 2.60. The second kappa shape index (κ2) is 9.12. The van der Waals surface area contributed by atoms with E-state index in [9.17, 15) is 9.90 Å². The first-order valence-electron chi connectivity index (χ1n) is 7.94. The van der Waals surface area contributed by atoms with Crippen LogP contribution in [-0.4, -0.2) is 45.5 Å². The van der Waals surface area contributed by atoms with Crippen molar-refractivity contribution in [3.63, 3.8) is 0 Å². The molecule has 5 heteroatoms. The summed E-state index contributed by atoms with van der Waals surface area (Å²) in [5.74, 6) is 0.00551. The van der Waals surface area contributed by atoms with Crippen LogP contribution in [0, 0.1) is 0 Å². The number of aliphatic hydroxyl groups is 1. The molecule has 1 aromatic carbocycles. The lowest BCUT2D eigenvalue weighted by Crippen LogP contribution is -2.29. The second-order valence-electron chi connectivity index (χ2n) is 5.36. The van der Waals surface area contributed by atoms with Crippen molar-refractivity contribution in [2.24, 2.45) is 0 Å². The van der Waals surface area contributed by atoms with Crippen molar-refractivity contribution in [2.45, 2.75) is 26.3 Å². The molecule has 23 heavy (non-hydrogen) atoms. The maximum atomic E-state index is 12.4. The van der Waals surface area contributed by atoms with Crippen LogP contribution in [0.15, 0.2) is 42.7 Å². The van der Waals surface area contributed by atoms with Crippen molar-refractivity contribution in [1.82, 2.24) is 14.9 Å². The van der Waals surface area contributed by atoms with E-state index in [2.05, 4.69) is 14.9 Å². The number of carbonyl (C=O) groups is 1. The Balaban J connectivity index is 1.96. The highest BCUT2D eigenvalue weighted by molar-refractivity contribution is 5.95. The number of Topliss-reactive ketones (excluding diaryl/α,β-unsaturated/α-hetero) is 1. The summed E-state index contributed by atoms with van der Waals surface area (Å²) >= 11 is 0. The van der Waals surface area contributed by atoms with Crippen molar-refractivity contribution >= 4 is 5.78 Å². The summed E-state index contributed by atoms with van der Waals surface area (Å²) in [6.07, 6.45) is 4.24. The molecule has 1 heterocycles. The van der Waals surface area contributed by atoms with E-state index in [4.69, 9.17) is 0 Å². The van der Waals surface area contributed by atoms with Crippen LogP contribution in [0.5, 0.6) is 0 Å². The van der Waals surface area contributed by atoms with Crippen LogP contribution in [-0.2, 0) is 13.0 Å². The predicted octanol–water partition coefficient (Wildman–Crippen LogP) is 2.11. The number of aryl methyl sites for hydroxylation is 1. The van der Waals surface area contributed by atoms with Gasteiger partial charge in [0, 0.05) is 38.4 Å². The first-order valence-corrected chi connectivity index (χ1v) is 7.94. The van der Waals surface area contributed by atoms with E-state index >= 15 is 0 Å². The van der Waals surface area contributed by atoms with Crippen LogP contribution in [0.4, 0.5) is 0 Å². The number of rotatable bonds is 9. The summed E-state index contributed by atoms with van der Waals surface area (Å²) in [7, 11) is 0. The van der Waals surface area contributed by atoms with Gasteiger partial charge in [-0.3, -0.25) is 14.7 Å². The zero-order valence-corrected chi connectivity index (χ0v) is 13.5. The van der Waals surface area contributed by atoms with E-state index in [1.54, 1.807) is 12.4 Å². The Morgan fingerprint density at radius 2 is 1.87 bits per heavy atom. The van der Waals surface area contributed by atoms with Crippen LogP contribution in [0.1, 0.15) is 35.1 Å². The SMILES string of the molecule is CCc1nccnc1C(=O)CCN(CCO)Cc1ccccc1. The Morgan fingerprint density at radius 3 is 2.57 bits per heavy atom. The molecule has 1 N–H and O–H groups in total. The first-order chi connectivity index (χ1) is 11.2. The summed E-state index contributed by atoms with van der Waals surface area (Å²) in [6.45, 7) is 3.90. The van der Waals surface area contributed by atoms with Gasteiger partial charge in [-0.15, -0.1) is 0 Å². The average molecular weight is 313 g/mol. The monoisotopic (exact) mass is 313 g/mol. The summed E-state index contributed by atoms with van der Waals surface area (Å²) in [5, 5.41) is 9.23. The number of nitrogens with zero attached hydrogens (tertiary/aromatic N) is 3. The lowest BCUT2D eigenvalue weighted by atomic mass is 10.1. The van der Waals surface area contributed by atoms with Crippen molar-refractivity contribution in [3.8, 4) is 0 Å². The fraction of sp³-hybridized carbons (Fsp3) is 0.389. The maximum absolute atomic E-state index is 12.4. The van der Waals surface area contributed by atoms with Crippen molar-refractivity contribution in [3.05, 3.63) is 59.7 Å². The van der Waals surface area contributed by atoms with E-state index < -0.39 is 0 Å². The predicted molar refractivity (Wildman–Crippen MR) is 89.2 cm³/mol. The molecule has 0 spiro atoms. The van der Waals surface area contributed by atoms with Crippen LogP contribution in [0.25, 0.3) is 0 Å². The third kappa shape index (κ3) is 5.23. The molecule has 0 saturated heterocycles. The number of ketones is 1. The molecule has 5 nitrogen and oxygen atoms in total. The molecule has 0 saturated carbocycles. The van der Waals surface area contributed by atoms with Crippen LogP contribution >= 0.6 is 0 Å². The van der Waals surface area contributed by atoms with Crippen molar-refractivity contribution in [2.75, 3.05) is 19.7 Å². The van der Waals surface area contributed by atoms with E-state index in [0.29, 0.717) is 31.6 Å². The topological polar surface area (TPSA) is 66.3 Å². The third-order valence-corrected chi connectivity index (χ3v) is 3.69. The molecule has 122 valence electrons. The zero-order chi connectivity index (χ0) is 16.5. The molecular formula is C18H23N3O2. The number of hydrogen-bond donors (Lipinski definition) is 1. The molecule has 0 unspecified atom stereocenters. The molecule has 0 aliphatic rings. The van der Waals surface area contributed by atoms with Gasteiger partial charge in [0.2, 0.25) is 0 Å². The van der Waals surface area contributed by atoms with Gasteiger partial charge in [0.15, 0.2) is 5.78 Å². The lowest BCUT2D eigenvalue weighted by molar-refractivity contribution is 0.0948. The largest absolute Gasteiger partial charge is 0.395 e. The minimum absolute atomic E-state index is 0.00551. The van der Waals surface area contributed by atoms with Gasteiger partial charge >= 0.3 is 0 Å². The summed E-state index contributed by atoms with van der Waals surface area (Å²) < 4.78 is 0. The lowest BCUT2D eigenvalue weighted by Gasteiger charge is -2.21. The van der Waals surface area contributed by atoms with Gasteiger partial charge in [0.25, 0.3) is 0 Å². The zero-order valence-electron chi connectivity index (χ0n) is 13.5. The van der Waals surface area contributed by atoms with Gasteiger partial charge in [0.05, 0.1) is 12.3 Å². The van der Waals surface area contributed by atoms with Crippen molar-refractivity contribution < 1.29 is 9.90 Å². The molecular weight excluding hydrogens is 290 g/mol. The van der Waals surface area contributed by atoms with Crippen molar-refractivity contribution in [1.29, 1.82) is 0 Å². The van der Waals surface area contributed by atoms with E-state index in [1.165, 1.54) is 5.56 Å². The van der Waals surface area contributed by atoms with Gasteiger partial charge in [-0.2, -0.15) is 0 Å². The molecule has 1 aromatic heterocycles. The number of aromatic nitrogens is 2. The van der Waals surface area contributed by atoms with Crippen LogP contribution < -0.4 is 0 Å². The molecule has 2 aromatic rings. The first kappa shape index (κ1) is 17.2. The van der Waals surface area contributed by atoms with E-state index in [0.717, 1.165) is 12.2 Å². The smallest absolute Gasteiger partial charge is 0.184 e. The number of benzene rings is 1. The van der Waals surface area contributed by atoms with Gasteiger partial charge < -0.3 is 5.11 Å². The summed E-state index contributed by atoms with van der Waals surface area (Å²) in [6, 6.07) is 10.0. The van der Waals surface area contributed by atoms with Crippen LogP contribution in [0.3, 0.4) is 0 Å². The molecule has 0 bridgehead atoms. The standard InChI is InChI=1S/C18H23N3O2/c1-2-16-18(20-10-9-19-16)17(23)8-11-21(12-13-22)14-15-6-4-3-5-7-15/h3-7,9-10,22H,2,8,11-14H2,1H3. The Bertz CT molecular complexity index is 617. The third-order valence-electron chi connectivity index (χ3n) is 3.69. The quantitative estimate of drug-likeness (QED) is 0.718. The van der Waals surface area contributed by atoms with Gasteiger partial charge in [-0.05, 0) is 12.0 Å². The highest BCUT2D eigenvalue weighted by Gasteiger charge is 2.15. The maximum Gasteiger partial charge on any atom is 0.184 e. The van der Waals surface area contributed by atoms with Gasteiger partial charge in [-0.1, -0.05) is 37.3 Å². The van der Waals surface area contributed by atoms with Gasteiger partial charge in [0.1, 0.15) is 5.69 Å². The number of aliphatic hydroxyl groups excluding tert-OH is 1. The summed E-state index contributed by atoms with van der Waals surface area (Å²) in [5.41, 5.74) is 2.38. The highest BCUT2D eigenvalue weighted by Crippen LogP contribution is 2.09. The van der Waals surface area contributed by atoms with Gasteiger partial charge in [-0.25, -0.2) is 4.98 Å². The molecule has 0 aliphatic carbocycles. The van der Waals surface area contributed by atoms with Crippen LogP contribution in [0.2, 0.25) is 0 Å². The Morgan fingerprint density at radius 1 is 1.13 bits per heavy atom. The fourth-order valence-corrected chi connectivity index (χ4v) is 2.49. The Kier molecular flexibility index (Phi) is 6.84. The molecule has 0 aliphatic heterocycles. The second-order valence-corrected chi connectivity index (χ2v) is 5.36. The fourth-order valence-electron chi connectivity index (χ4n) is 2.49. The minimum atomic E-state index is 0.00551. The minimum Gasteiger partial charge on any atom is -0.395 e. The molecule has 0 radical (unpaired) electrons. The molecule has 0 atom stereocenters. The summed E-state index contributed by atoms with van der Waals surface area (Å²) in [4.78, 5) is 22.9. The van der Waals surface area contributed by atoms with E-state index in [-0.39, 0.29) is 12.4 Å².